The molecule has 1 heterocycles. The van der Waals surface area contributed by atoms with E-state index in [2.05, 4.69) is 5.10 Å². The molecule has 0 radical (unpaired) electrons. The minimum atomic E-state index is -1.03. The molecule has 25 heavy (non-hydrogen) atoms. The van der Waals surface area contributed by atoms with E-state index >= 15 is 0 Å². The smallest absolute Gasteiger partial charge is 0.411 e. The summed E-state index contributed by atoms with van der Waals surface area (Å²) in [5.41, 5.74) is 2.20. The Balaban J connectivity index is 1.73. The van der Waals surface area contributed by atoms with Gasteiger partial charge in [-0.3, -0.25) is 4.90 Å². The fraction of sp³-hybridized carbons (Fsp3) is 0.111. The summed E-state index contributed by atoms with van der Waals surface area (Å²) in [6.45, 7) is 0.214. The molecule has 1 amide bonds. The Morgan fingerprint density at radius 1 is 1.20 bits per heavy atom. The predicted octanol–water partition coefficient (Wildman–Crippen LogP) is 4.22. The van der Waals surface area contributed by atoms with Gasteiger partial charge in [0.15, 0.2) is 0 Å². The van der Waals surface area contributed by atoms with Crippen LogP contribution in [0.1, 0.15) is 5.56 Å². The monoisotopic (exact) mass is 357 g/mol. The number of ether oxygens (including phenoxy) is 1. The highest BCUT2D eigenvalue weighted by Gasteiger charge is 2.13. The minimum absolute atomic E-state index is 0.214. The second-order valence-electron chi connectivity index (χ2n) is 5.33. The van der Waals surface area contributed by atoms with Crippen LogP contribution in [0, 0.1) is 0 Å². The number of nitrogens with zero attached hydrogens (tertiary/aromatic N) is 3. The Morgan fingerprint density at radius 3 is 2.64 bits per heavy atom. The topological polar surface area (TPSA) is 67.6 Å². The number of halogens is 1. The van der Waals surface area contributed by atoms with Crippen LogP contribution in [0.2, 0.25) is 5.02 Å². The van der Waals surface area contributed by atoms with Crippen LogP contribution in [0.4, 0.5) is 10.5 Å². The first kappa shape index (κ1) is 16.9. The van der Waals surface area contributed by atoms with Gasteiger partial charge >= 0.3 is 6.09 Å². The molecule has 0 saturated heterocycles. The zero-order valence-corrected chi connectivity index (χ0v) is 14.2. The Labute approximate surface area is 149 Å². The van der Waals surface area contributed by atoms with Crippen LogP contribution < -0.4 is 9.64 Å². The zero-order valence-electron chi connectivity index (χ0n) is 13.5. The van der Waals surface area contributed by atoms with E-state index in [0.29, 0.717) is 16.6 Å². The van der Waals surface area contributed by atoms with E-state index in [1.165, 1.54) is 7.05 Å². The fourth-order valence-corrected chi connectivity index (χ4v) is 2.46. The Bertz CT molecular complexity index is 877. The van der Waals surface area contributed by atoms with Gasteiger partial charge in [0.05, 0.1) is 11.4 Å². The summed E-state index contributed by atoms with van der Waals surface area (Å²) in [7, 11) is 1.50. The van der Waals surface area contributed by atoms with Crippen LogP contribution in [0.25, 0.3) is 5.69 Å². The van der Waals surface area contributed by atoms with Crippen molar-refractivity contribution in [1.29, 1.82) is 0 Å². The maximum Gasteiger partial charge on any atom is 0.411 e. The van der Waals surface area contributed by atoms with Crippen LogP contribution in [0.5, 0.6) is 5.88 Å². The molecule has 0 bridgehead atoms. The van der Waals surface area contributed by atoms with E-state index in [9.17, 15) is 4.79 Å². The van der Waals surface area contributed by atoms with Gasteiger partial charge in [0.25, 0.3) is 0 Å². The SMILES string of the molecule is CN(C(=O)O)c1ccccc1COc1ccn(-c2ccc(Cl)cc2)n1. The molecule has 0 aliphatic heterocycles. The number of hydrogen-bond donors (Lipinski definition) is 1. The number of aromatic nitrogens is 2. The normalized spacial score (nSPS) is 10.5. The van der Waals surface area contributed by atoms with Crippen molar-refractivity contribution in [3.63, 3.8) is 0 Å². The van der Waals surface area contributed by atoms with E-state index in [0.717, 1.165) is 16.2 Å². The summed E-state index contributed by atoms with van der Waals surface area (Å²) in [6, 6.07) is 16.2. The third kappa shape index (κ3) is 3.92. The van der Waals surface area contributed by atoms with Crippen LogP contribution >= 0.6 is 11.6 Å². The molecule has 0 unspecified atom stereocenters. The van der Waals surface area contributed by atoms with Crippen molar-refractivity contribution in [2.75, 3.05) is 11.9 Å². The fourth-order valence-electron chi connectivity index (χ4n) is 2.34. The van der Waals surface area contributed by atoms with Crippen molar-refractivity contribution in [1.82, 2.24) is 9.78 Å². The summed E-state index contributed by atoms with van der Waals surface area (Å²) < 4.78 is 7.39. The number of rotatable bonds is 5. The van der Waals surface area contributed by atoms with E-state index in [-0.39, 0.29) is 6.61 Å². The second-order valence-corrected chi connectivity index (χ2v) is 5.77. The lowest BCUT2D eigenvalue weighted by molar-refractivity contribution is 0.203. The molecule has 0 spiro atoms. The second kappa shape index (κ2) is 7.27. The average Bonchev–Trinajstić information content (AvgIpc) is 3.09. The number of benzene rings is 2. The lowest BCUT2D eigenvalue weighted by Gasteiger charge is -2.17. The largest absolute Gasteiger partial charge is 0.472 e. The van der Waals surface area contributed by atoms with Gasteiger partial charge in [0, 0.05) is 29.9 Å². The molecule has 3 aromatic rings. The molecule has 6 nitrogen and oxygen atoms in total. The van der Waals surface area contributed by atoms with Crippen LogP contribution in [0.3, 0.4) is 0 Å². The third-order valence-corrected chi connectivity index (χ3v) is 3.92. The van der Waals surface area contributed by atoms with Crippen molar-refractivity contribution >= 4 is 23.4 Å². The van der Waals surface area contributed by atoms with E-state index in [4.69, 9.17) is 21.4 Å². The van der Waals surface area contributed by atoms with E-state index in [1.54, 1.807) is 41.2 Å². The third-order valence-electron chi connectivity index (χ3n) is 3.67. The molecule has 2 aromatic carbocycles. The Morgan fingerprint density at radius 2 is 1.92 bits per heavy atom. The molecule has 0 saturated carbocycles. The molecule has 3 rings (SSSR count). The van der Waals surface area contributed by atoms with Gasteiger partial charge in [-0.15, -0.1) is 5.10 Å². The first-order valence-corrected chi connectivity index (χ1v) is 7.91. The molecule has 1 aromatic heterocycles. The number of carboxylic acid groups (broad SMARTS) is 1. The lowest BCUT2D eigenvalue weighted by Crippen LogP contribution is -2.25. The summed E-state index contributed by atoms with van der Waals surface area (Å²) in [4.78, 5) is 12.3. The summed E-state index contributed by atoms with van der Waals surface area (Å²) in [5, 5.41) is 14.2. The lowest BCUT2D eigenvalue weighted by atomic mass is 10.2. The van der Waals surface area contributed by atoms with E-state index < -0.39 is 6.09 Å². The number of hydrogen-bond acceptors (Lipinski definition) is 3. The first-order chi connectivity index (χ1) is 12.0. The van der Waals surface area contributed by atoms with Crippen LogP contribution in [-0.2, 0) is 6.61 Å². The summed E-state index contributed by atoms with van der Waals surface area (Å²) in [5.74, 6) is 0.447. The quantitative estimate of drug-likeness (QED) is 0.742. The number of anilines is 1. The predicted molar refractivity (Wildman–Crippen MR) is 95.8 cm³/mol. The number of carbonyl (C=O) groups is 1. The molecule has 0 aliphatic rings. The molecule has 128 valence electrons. The van der Waals surface area contributed by atoms with Crippen LogP contribution in [-0.4, -0.2) is 28.0 Å². The van der Waals surface area contributed by atoms with E-state index in [1.807, 2.05) is 24.3 Å². The van der Waals surface area contributed by atoms with Crippen molar-refractivity contribution < 1.29 is 14.6 Å². The summed E-state index contributed by atoms with van der Waals surface area (Å²) >= 11 is 5.88. The van der Waals surface area contributed by atoms with Crippen molar-refractivity contribution in [3.05, 3.63) is 71.4 Å². The molecular formula is C18H16ClN3O3. The standard InChI is InChI=1S/C18H16ClN3O3/c1-21(18(23)24)16-5-3-2-4-13(16)12-25-17-10-11-22(20-17)15-8-6-14(19)7-9-15/h2-11H,12H2,1H3,(H,23,24). The average molecular weight is 358 g/mol. The highest BCUT2D eigenvalue weighted by molar-refractivity contribution is 6.30. The number of para-hydroxylation sites is 1. The van der Waals surface area contributed by atoms with Crippen molar-refractivity contribution in [2.24, 2.45) is 0 Å². The van der Waals surface area contributed by atoms with Gasteiger partial charge < -0.3 is 9.84 Å². The molecular weight excluding hydrogens is 342 g/mol. The maximum atomic E-state index is 11.2. The molecule has 0 aliphatic carbocycles. The van der Waals surface area contributed by atoms with Gasteiger partial charge in [-0.25, -0.2) is 9.48 Å². The van der Waals surface area contributed by atoms with Gasteiger partial charge in [-0.2, -0.15) is 0 Å². The highest BCUT2D eigenvalue weighted by Crippen LogP contribution is 2.22. The molecule has 1 N–H and O–H groups in total. The minimum Gasteiger partial charge on any atom is -0.472 e. The van der Waals surface area contributed by atoms with Crippen molar-refractivity contribution in [2.45, 2.75) is 6.61 Å². The van der Waals surface area contributed by atoms with Crippen LogP contribution in [0.15, 0.2) is 60.8 Å². The van der Waals surface area contributed by atoms with Gasteiger partial charge in [-0.05, 0) is 30.3 Å². The number of amides is 1. The summed E-state index contributed by atoms with van der Waals surface area (Å²) in [6.07, 6.45) is 0.757. The first-order valence-electron chi connectivity index (χ1n) is 7.53. The molecule has 7 heteroatoms. The molecule has 0 fully saturated rings. The highest BCUT2D eigenvalue weighted by atomic mass is 35.5. The van der Waals surface area contributed by atoms with Gasteiger partial charge in [0.2, 0.25) is 5.88 Å². The van der Waals surface area contributed by atoms with Crippen molar-refractivity contribution in [3.8, 4) is 11.6 Å². The maximum absolute atomic E-state index is 11.2. The zero-order chi connectivity index (χ0) is 17.8. The Kier molecular flexibility index (Phi) is 4.90. The Hall–Kier alpha value is -2.99. The molecule has 0 atom stereocenters. The van der Waals surface area contributed by atoms with Gasteiger partial charge in [-0.1, -0.05) is 29.8 Å². The van der Waals surface area contributed by atoms with Gasteiger partial charge in [0.1, 0.15) is 6.61 Å².